The first kappa shape index (κ1) is 24.9. The van der Waals surface area contributed by atoms with E-state index >= 15 is 0 Å². The van der Waals surface area contributed by atoms with Crippen molar-refractivity contribution in [3.05, 3.63) is 75.8 Å². The Labute approximate surface area is 212 Å². The minimum atomic E-state index is -0.406. The molecule has 0 spiro atoms. The molecule has 0 saturated carbocycles. The number of nitrogens with one attached hydrogen (secondary N) is 1. The Morgan fingerprint density at radius 3 is 2.71 bits per heavy atom. The van der Waals surface area contributed by atoms with Crippen molar-refractivity contribution in [2.75, 3.05) is 12.4 Å². The molecule has 4 aromatic rings. The van der Waals surface area contributed by atoms with Crippen LogP contribution in [0.15, 0.2) is 47.6 Å². The van der Waals surface area contributed by atoms with Gasteiger partial charge < -0.3 is 10.1 Å². The molecular weight excluding hydrogens is 489 g/mol. The summed E-state index contributed by atoms with van der Waals surface area (Å²) in [5.74, 6) is 0.513. The Morgan fingerprint density at radius 2 is 2.00 bits per heavy atom. The Hall–Kier alpha value is -3.17. The summed E-state index contributed by atoms with van der Waals surface area (Å²) in [4.78, 5) is 22.1. The molecule has 0 radical (unpaired) electrons. The third-order valence-corrected chi connectivity index (χ3v) is 7.26. The molecule has 0 unspecified atom stereocenters. The highest BCUT2D eigenvalue weighted by Gasteiger charge is 2.23. The van der Waals surface area contributed by atoms with Crippen LogP contribution in [0.25, 0.3) is 5.78 Å². The van der Waals surface area contributed by atoms with Crippen LogP contribution in [0.3, 0.4) is 0 Å². The smallest absolute Gasteiger partial charge is 0.253 e. The molecule has 1 N–H and O–H groups in total. The zero-order valence-electron chi connectivity index (χ0n) is 19.8. The van der Waals surface area contributed by atoms with E-state index in [-0.39, 0.29) is 11.7 Å². The predicted molar refractivity (Wildman–Crippen MR) is 136 cm³/mol. The van der Waals surface area contributed by atoms with Crippen molar-refractivity contribution < 1.29 is 13.9 Å². The predicted octanol–water partition coefficient (Wildman–Crippen LogP) is 5.64. The van der Waals surface area contributed by atoms with Gasteiger partial charge in [0.1, 0.15) is 11.6 Å². The third kappa shape index (κ3) is 5.41. The van der Waals surface area contributed by atoms with Gasteiger partial charge >= 0.3 is 0 Å². The third-order valence-electron chi connectivity index (χ3n) is 5.69. The summed E-state index contributed by atoms with van der Waals surface area (Å²) in [6, 6.07) is 11.6. The average Bonchev–Trinajstić information content (AvgIpc) is 3.24. The zero-order valence-corrected chi connectivity index (χ0v) is 21.4. The van der Waals surface area contributed by atoms with Crippen LogP contribution >= 0.6 is 23.4 Å². The molecule has 0 fully saturated rings. The summed E-state index contributed by atoms with van der Waals surface area (Å²) in [5, 5.41) is 7.96. The van der Waals surface area contributed by atoms with Crippen molar-refractivity contribution in [3.63, 3.8) is 0 Å². The van der Waals surface area contributed by atoms with E-state index in [1.807, 2.05) is 32.9 Å². The Balaban J connectivity index is 1.58. The van der Waals surface area contributed by atoms with Gasteiger partial charge in [0.2, 0.25) is 11.1 Å². The minimum Gasteiger partial charge on any atom is -0.495 e. The van der Waals surface area contributed by atoms with E-state index in [0.717, 1.165) is 22.5 Å². The van der Waals surface area contributed by atoms with Gasteiger partial charge in [-0.3, -0.25) is 4.79 Å². The van der Waals surface area contributed by atoms with Gasteiger partial charge in [-0.15, -0.1) is 5.10 Å². The highest BCUT2D eigenvalue weighted by atomic mass is 35.5. The van der Waals surface area contributed by atoms with Gasteiger partial charge in [0.05, 0.1) is 18.0 Å². The second-order valence-corrected chi connectivity index (χ2v) is 9.56. The first-order chi connectivity index (χ1) is 16.8. The minimum absolute atomic E-state index is 0.159. The molecule has 0 aliphatic carbocycles. The second kappa shape index (κ2) is 10.6. The molecule has 4 rings (SSSR count). The fourth-order valence-electron chi connectivity index (χ4n) is 3.76. The number of nitrogens with zero attached hydrogens (tertiary/aromatic N) is 4. The fraction of sp³-hybridized carbons (Fsp3) is 0.280. The quantitative estimate of drug-likeness (QED) is 0.307. The highest BCUT2D eigenvalue weighted by Crippen LogP contribution is 2.29. The molecule has 1 amide bonds. The lowest BCUT2D eigenvalue weighted by Gasteiger charge is -2.14. The molecule has 0 saturated heterocycles. The molecule has 0 aliphatic rings. The first-order valence-corrected chi connectivity index (χ1v) is 12.3. The molecule has 10 heteroatoms. The summed E-state index contributed by atoms with van der Waals surface area (Å²) in [6.45, 7) is 5.77. The molecule has 2 aromatic heterocycles. The van der Waals surface area contributed by atoms with Crippen molar-refractivity contribution >= 4 is 40.7 Å². The van der Waals surface area contributed by atoms with Crippen LogP contribution in [-0.4, -0.2) is 37.8 Å². The van der Waals surface area contributed by atoms with E-state index in [9.17, 15) is 9.18 Å². The maximum Gasteiger partial charge on any atom is 0.253 e. The number of fused-ring (bicyclic) bond motifs is 1. The highest BCUT2D eigenvalue weighted by molar-refractivity contribution is 8.00. The number of hydrogen-bond donors (Lipinski definition) is 1. The largest absolute Gasteiger partial charge is 0.495 e. The van der Waals surface area contributed by atoms with Gasteiger partial charge in [0.25, 0.3) is 5.78 Å². The number of anilines is 1. The number of rotatable bonds is 8. The van der Waals surface area contributed by atoms with E-state index < -0.39 is 5.25 Å². The van der Waals surface area contributed by atoms with Crippen LogP contribution in [0.4, 0.5) is 10.1 Å². The van der Waals surface area contributed by atoms with Crippen molar-refractivity contribution in [1.82, 2.24) is 19.6 Å². The van der Waals surface area contributed by atoms with Crippen molar-refractivity contribution in [2.45, 2.75) is 44.0 Å². The zero-order chi connectivity index (χ0) is 25.1. The molecule has 35 heavy (non-hydrogen) atoms. The molecule has 0 aliphatic heterocycles. The number of ether oxygens (including phenoxy) is 1. The van der Waals surface area contributed by atoms with Crippen molar-refractivity contribution in [2.24, 2.45) is 0 Å². The number of benzene rings is 2. The van der Waals surface area contributed by atoms with E-state index in [0.29, 0.717) is 40.2 Å². The second-order valence-electron chi connectivity index (χ2n) is 7.98. The van der Waals surface area contributed by atoms with Gasteiger partial charge in [0.15, 0.2) is 0 Å². The average molecular weight is 514 g/mol. The molecule has 0 bridgehead atoms. The maximum absolute atomic E-state index is 13.4. The lowest BCUT2D eigenvalue weighted by molar-refractivity contribution is -0.115. The van der Waals surface area contributed by atoms with Gasteiger partial charge in [-0.05, 0) is 55.7 Å². The van der Waals surface area contributed by atoms with E-state index in [1.165, 1.54) is 23.9 Å². The monoisotopic (exact) mass is 513 g/mol. The van der Waals surface area contributed by atoms with E-state index in [1.54, 1.807) is 29.8 Å². The van der Waals surface area contributed by atoms with Crippen LogP contribution in [0, 0.1) is 19.7 Å². The molecule has 2 aromatic carbocycles. The number of hydrogen-bond acceptors (Lipinski definition) is 6. The lowest BCUT2D eigenvalue weighted by atomic mass is 10.0. The fourth-order valence-corrected chi connectivity index (χ4v) is 4.85. The van der Waals surface area contributed by atoms with Crippen LogP contribution in [-0.2, 0) is 11.2 Å². The van der Waals surface area contributed by atoms with Crippen LogP contribution in [0.1, 0.15) is 35.9 Å². The Morgan fingerprint density at radius 1 is 1.23 bits per heavy atom. The normalized spacial score (nSPS) is 12.1. The number of amides is 1. The molecular formula is C25H25ClFN5O2S. The van der Waals surface area contributed by atoms with Gasteiger partial charge in [-0.25, -0.2) is 13.9 Å². The van der Waals surface area contributed by atoms with Crippen LogP contribution in [0.2, 0.25) is 5.02 Å². The van der Waals surface area contributed by atoms with E-state index in [2.05, 4.69) is 20.4 Å². The Bertz CT molecular complexity index is 1390. The summed E-state index contributed by atoms with van der Waals surface area (Å²) in [5.41, 5.74) is 4.00. The molecule has 182 valence electrons. The molecule has 1 atom stereocenters. The van der Waals surface area contributed by atoms with E-state index in [4.69, 9.17) is 16.3 Å². The first-order valence-electron chi connectivity index (χ1n) is 11.1. The topological polar surface area (TPSA) is 81.4 Å². The van der Waals surface area contributed by atoms with Gasteiger partial charge in [-0.2, -0.15) is 4.98 Å². The summed E-state index contributed by atoms with van der Waals surface area (Å²) in [7, 11) is 1.56. The number of halogens is 2. The Kier molecular flexibility index (Phi) is 7.57. The number of carbonyl (C=O) groups is 1. The number of thioether (sulfide) groups is 1. The van der Waals surface area contributed by atoms with Crippen LogP contribution < -0.4 is 10.1 Å². The summed E-state index contributed by atoms with van der Waals surface area (Å²) >= 11 is 7.53. The molecule has 2 heterocycles. The number of para-hydroxylation sites is 2. The maximum atomic E-state index is 13.4. The van der Waals surface area contributed by atoms with Crippen molar-refractivity contribution in [3.8, 4) is 5.75 Å². The van der Waals surface area contributed by atoms with Gasteiger partial charge in [0, 0.05) is 22.8 Å². The lowest BCUT2D eigenvalue weighted by Crippen LogP contribution is -2.25. The summed E-state index contributed by atoms with van der Waals surface area (Å²) in [6.07, 6.45) is 1.07. The number of methoxy groups -OCH3 is 1. The standard InChI is InChI=1S/C25H25ClFN5O2S/c1-5-22(23(33)29-20-8-6-7-9-21(20)34-4)35-25-30-24-28-14(2)18(15(3)32(24)31-25)12-16-10-11-17(27)13-19(16)26/h6-11,13,22H,5,12H2,1-4H3,(H,29,33)/t22-/m0/s1. The molecule has 7 nitrogen and oxygen atoms in total. The van der Waals surface area contributed by atoms with Gasteiger partial charge in [-0.1, -0.05) is 48.5 Å². The van der Waals surface area contributed by atoms with Crippen LogP contribution in [0.5, 0.6) is 5.75 Å². The summed E-state index contributed by atoms with van der Waals surface area (Å²) < 4.78 is 20.4. The number of carbonyl (C=O) groups excluding carboxylic acids is 1. The van der Waals surface area contributed by atoms with Crippen molar-refractivity contribution in [1.29, 1.82) is 0 Å². The SMILES string of the molecule is CC[C@H](Sc1nc2nc(C)c(Cc3ccc(F)cc3Cl)c(C)n2n1)C(=O)Nc1ccccc1OC. The number of aromatic nitrogens is 4. The number of aryl methyl sites for hydroxylation is 2.